The van der Waals surface area contributed by atoms with Gasteiger partial charge in [-0.25, -0.2) is 0 Å². The van der Waals surface area contributed by atoms with Gasteiger partial charge in [0, 0.05) is 31.6 Å². The molecular weight excluding hydrogens is 220 g/mol. The van der Waals surface area contributed by atoms with Crippen molar-refractivity contribution in [1.29, 1.82) is 0 Å². The molecule has 0 spiro atoms. The summed E-state index contributed by atoms with van der Waals surface area (Å²) in [4.78, 5) is 32.3. The van der Waals surface area contributed by atoms with Crippen molar-refractivity contribution in [3.63, 3.8) is 0 Å². The van der Waals surface area contributed by atoms with Gasteiger partial charge in [-0.2, -0.15) is 0 Å². The Bertz CT molecular complexity index is 455. The summed E-state index contributed by atoms with van der Waals surface area (Å²) >= 11 is 0. The van der Waals surface area contributed by atoms with Crippen molar-refractivity contribution in [2.24, 2.45) is 0 Å². The van der Waals surface area contributed by atoms with Gasteiger partial charge in [0.05, 0.1) is 0 Å². The van der Waals surface area contributed by atoms with E-state index in [0.29, 0.717) is 16.9 Å². The standard InChI is InChI=1S/C12H13N2O3/c1-8(16)13-11-4-3-10(5-6-15)12(7-11)14-9(2)17/h3-4,7H,5H2,1-2H3,(H,13,16)(H,14,17). The van der Waals surface area contributed by atoms with Crippen LogP contribution in [-0.4, -0.2) is 18.1 Å². The van der Waals surface area contributed by atoms with E-state index < -0.39 is 0 Å². The SMILES string of the molecule is CC(=O)Nc1ccc(C[C]=O)c(NC(C)=O)c1. The lowest BCUT2D eigenvalue weighted by atomic mass is 10.1. The molecule has 17 heavy (non-hydrogen) atoms. The zero-order chi connectivity index (χ0) is 12.8. The molecule has 1 aromatic rings. The van der Waals surface area contributed by atoms with Crippen LogP contribution in [0.25, 0.3) is 0 Å². The third kappa shape index (κ3) is 4.06. The zero-order valence-electron chi connectivity index (χ0n) is 9.66. The van der Waals surface area contributed by atoms with Crippen LogP contribution in [-0.2, 0) is 20.8 Å². The van der Waals surface area contributed by atoms with Crippen LogP contribution in [0.15, 0.2) is 18.2 Å². The molecule has 0 unspecified atom stereocenters. The van der Waals surface area contributed by atoms with E-state index in [4.69, 9.17) is 0 Å². The lowest BCUT2D eigenvalue weighted by Crippen LogP contribution is -2.10. The minimum Gasteiger partial charge on any atom is -0.326 e. The molecule has 2 N–H and O–H groups in total. The maximum atomic E-state index is 11.0. The Morgan fingerprint density at radius 2 is 1.82 bits per heavy atom. The maximum Gasteiger partial charge on any atom is 0.221 e. The predicted molar refractivity (Wildman–Crippen MR) is 64.4 cm³/mol. The van der Waals surface area contributed by atoms with E-state index in [1.54, 1.807) is 24.5 Å². The minimum absolute atomic E-state index is 0.0932. The molecule has 2 amide bonds. The van der Waals surface area contributed by atoms with Crippen molar-refractivity contribution in [3.8, 4) is 0 Å². The van der Waals surface area contributed by atoms with Gasteiger partial charge in [0.1, 0.15) is 0 Å². The topological polar surface area (TPSA) is 75.3 Å². The number of carbonyl (C=O) groups is 2. The highest BCUT2D eigenvalue weighted by Gasteiger charge is 2.06. The molecule has 5 heteroatoms. The van der Waals surface area contributed by atoms with Crippen molar-refractivity contribution in [2.75, 3.05) is 10.6 Å². The van der Waals surface area contributed by atoms with Gasteiger partial charge in [-0.3, -0.25) is 14.4 Å². The number of benzene rings is 1. The van der Waals surface area contributed by atoms with Crippen LogP contribution in [0.4, 0.5) is 11.4 Å². The Kier molecular flexibility index (Phi) is 4.39. The number of rotatable bonds is 4. The van der Waals surface area contributed by atoms with E-state index in [2.05, 4.69) is 10.6 Å². The third-order valence-electron chi connectivity index (χ3n) is 2.00. The number of hydrogen-bond donors (Lipinski definition) is 2. The molecular formula is C12H13N2O3. The molecule has 5 nitrogen and oxygen atoms in total. The summed E-state index contributed by atoms with van der Waals surface area (Å²) in [6.45, 7) is 2.77. The van der Waals surface area contributed by atoms with Crippen molar-refractivity contribution in [3.05, 3.63) is 23.8 Å². The van der Waals surface area contributed by atoms with Gasteiger partial charge < -0.3 is 10.6 Å². The van der Waals surface area contributed by atoms with Crippen molar-refractivity contribution >= 4 is 29.5 Å². The van der Waals surface area contributed by atoms with E-state index in [1.807, 2.05) is 0 Å². The van der Waals surface area contributed by atoms with Gasteiger partial charge in [-0.15, -0.1) is 0 Å². The Balaban J connectivity index is 3.04. The van der Waals surface area contributed by atoms with E-state index in [1.165, 1.54) is 13.8 Å². The second kappa shape index (κ2) is 5.79. The summed E-state index contributed by atoms with van der Waals surface area (Å²) < 4.78 is 0. The first kappa shape index (κ1) is 12.9. The number of anilines is 2. The average molecular weight is 233 g/mol. The van der Waals surface area contributed by atoms with Crippen molar-refractivity contribution < 1.29 is 14.4 Å². The fourth-order valence-corrected chi connectivity index (χ4v) is 1.40. The smallest absolute Gasteiger partial charge is 0.221 e. The molecule has 0 saturated heterocycles. The first-order valence-corrected chi connectivity index (χ1v) is 5.06. The fourth-order valence-electron chi connectivity index (χ4n) is 1.40. The Labute approximate surface area is 99.2 Å². The van der Waals surface area contributed by atoms with Crippen LogP contribution in [0.3, 0.4) is 0 Å². The monoisotopic (exact) mass is 233 g/mol. The third-order valence-corrected chi connectivity index (χ3v) is 2.00. The van der Waals surface area contributed by atoms with Crippen LogP contribution in [0.1, 0.15) is 19.4 Å². The number of amides is 2. The molecule has 0 aromatic heterocycles. The molecule has 1 aromatic carbocycles. The molecule has 0 aliphatic carbocycles. The quantitative estimate of drug-likeness (QED) is 0.821. The summed E-state index contributed by atoms with van der Waals surface area (Å²) in [7, 11) is 0. The van der Waals surface area contributed by atoms with Crippen LogP contribution in [0, 0.1) is 0 Å². The maximum absolute atomic E-state index is 11.0. The molecule has 0 saturated carbocycles. The van der Waals surface area contributed by atoms with E-state index >= 15 is 0 Å². The highest BCUT2D eigenvalue weighted by atomic mass is 16.2. The fraction of sp³-hybridized carbons (Fsp3) is 0.250. The molecule has 0 fully saturated rings. The largest absolute Gasteiger partial charge is 0.326 e. The van der Waals surface area contributed by atoms with Crippen LogP contribution in [0.2, 0.25) is 0 Å². The molecule has 0 aliphatic heterocycles. The molecule has 1 radical (unpaired) electrons. The van der Waals surface area contributed by atoms with Crippen LogP contribution >= 0.6 is 0 Å². The molecule has 1 rings (SSSR count). The van der Waals surface area contributed by atoms with Crippen molar-refractivity contribution in [1.82, 2.24) is 0 Å². The molecule has 89 valence electrons. The Morgan fingerprint density at radius 3 is 2.35 bits per heavy atom. The summed E-state index contributed by atoms with van der Waals surface area (Å²) in [5.41, 5.74) is 1.73. The molecule has 0 atom stereocenters. The molecule has 0 bridgehead atoms. The highest BCUT2D eigenvalue weighted by Crippen LogP contribution is 2.21. The second-order valence-electron chi connectivity index (χ2n) is 3.56. The Hall–Kier alpha value is -2.17. The Morgan fingerprint density at radius 1 is 1.18 bits per heavy atom. The van der Waals surface area contributed by atoms with Crippen LogP contribution in [0.5, 0.6) is 0 Å². The summed E-state index contributed by atoms with van der Waals surface area (Å²) in [6, 6.07) is 4.94. The number of carbonyl (C=O) groups excluding carboxylic acids is 3. The van der Waals surface area contributed by atoms with Gasteiger partial charge in [0.25, 0.3) is 0 Å². The lowest BCUT2D eigenvalue weighted by Gasteiger charge is -2.10. The van der Waals surface area contributed by atoms with Crippen molar-refractivity contribution in [2.45, 2.75) is 20.3 Å². The van der Waals surface area contributed by atoms with E-state index in [-0.39, 0.29) is 18.2 Å². The normalized spacial score (nSPS) is 9.53. The first-order valence-electron chi connectivity index (χ1n) is 5.06. The zero-order valence-corrected chi connectivity index (χ0v) is 9.66. The average Bonchev–Trinajstić information content (AvgIpc) is 2.20. The number of hydrogen-bond acceptors (Lipinski definition) is 3. The minimum atomic E-state index is -0.239. The summed E-state index contributed by atoms with van der Waals surface area (Å²) in [5, 5.41) is 5.20. The van der Waals surface area contributed by atoms with Crippen LogP contribution < -0.4 is 10.6 Å². The van der Waals surface area contributed by atoms with Gasteiger partial charge >= 0.3 is 0 Å². The van der Waals surface area contributed by atoms with Gasteiger partial charge in [0.15, 0.2) is 0 Å². The molecule has 0 aliphatic rings. The first-order chi connectivity index (χ1) is 8.02. The van der Waals surface area contributed by atoms with E-state index in [9.17, 15) is 14.4 Å². The highest BCUT2D eigenvalue weighted by molar-refractivity contribution is 5.93. The van der Waals surface area contributed by atoms with Gasteiger partial charge in [0.2, 0.25) is 18.1 Å². The summed E-state index contributed by atoms with van der Waals surface area (Å²) in [5.74, 6) is -0.439. The second-order valence-corrected chi connectivity index (χ2v) is 3.56. The van der Waals surface area contributed by atoms with E-state index in [0.717, 1.165) is 0 Å². The lowest BCUT2D eigenvalue weighted by molar-refractivity contribution is -0.115. The van der Waals surface area contributed by atoms with Gasteiger partial charge in [-0.1, -0.05) is 6.07 Å². The summed E-state index contributed by atoms with van der Waals surface area (Å²) in [6.07, 6.45) is 1.86. The van der Waals surface area contributed by atoms with Gasteiger partial charge in [-0.05, 0) is 17.7 Å². The number of nitrogens with one attached hydrogen (secondary N) is 2. The predicted octanol–water partition coefficient (Wildman–Crippen LogP) is 1.26. The molecule has 0 heterocycles.